The highest BCUT2D eigenvalue weighted by molar-refractivity contribution is 6.01. The molecule has 10 nitrogen and oxygen atoms in total. The lowest BCUT2D eigenvalue weighted by Gasteiger charge is -2.17. The Labute approximate surface area is 180 Å². The zero-order chi connectivity index (χ0) is 22.6. The maximum absolute atomic E-state index is 12.3. The maximum Gasteiger partial charge on any atom is 0.407 e. The summed E-state index contributed by atoms with van der Waals surface area (Å²) < 4.78 is 9.63. The molecule has 0 aromatic heterocycles. The van der Waals surface area contributed by atoms with Crippen LogP contribution >= 0.6 is 0 Å². The fourth-order valence-corrected chi connectivity index (χ4v) is 2.77. The van der Waals surface area contributed by atoms with E-state index in [1.807, 2.05) is 13.0 Å². The zero-order valence-corrected chi connectivity index (χ0v) is 17.6. The van der Waals surface area contributed by atoms with Crippen LogP contribution in [0.15, 0.2) is 29.4 Å². The summed E-state index contributed by atoms with van der Waals surface area (Å²) >= 11 is 0. The van der Waals surface area contributed by atoms with Crippen molar-refractivity contribution in [3.63, 3.8) is 0 Å². The van der Waals surface area contributed by atoms with Crippen molar-refractivity contribution in [3.05, 3.63) is 35.4 Å². The van der Waals surface area contributed by atoms with Gasteiger partial charge in [0.1, 0.15) is 12.1 Å². The van der Waals surface area contributed by atoms with E-state index in [1.54, 1.807) is 24.3 Å². The van der Waals surface area contributed by atoms with Crippen molar-refractivity contribution in [2.24, 2.45) is 5.16 Å². The number of benzene rings is 1. The number of ether oxygens (including phenoxy) is 2. The molecule has 0 aliphatic carbocycles. The topological polar surface area (TPSA) is 139 Å². The van der Waals surface area contributed by atoms with Crippen LogP contribution in [0.5, 0.6) is 0 Å². The fourth-order valence-electron chi connectivity index (χ4n) is 2.77. The standard InChI is InChI=1S/C21H26N4O6/c1-3-4-9-30-21(28)24-18(20(27)29-2)13-23-19(26)11-16-10-17(25-31-16)15-7-5-14(12-22)6-8-15/h5-8,16,18H,3-4,9-11,13H2,1-2H3,(H,23,26)(H,24,28)/t16-,18+/m0/s1. The van der Waals surface area contributed by atoms with E-state index in [0.717, 1.165) is 12.0 Å². The average Bonchev–Trinajstić information content (AvgIpc) is 3.24. The predicted octanol–water partition coefficient (Wildman–Crippen LogP) is 1.63. The number of esters is 1. The van der Waals surface area contributed by atoms with E-state index < -0.39 is 24.2 Å². The summed E-state index contributed by atoms with van der Waals surface area (Å²) in [5, 5.41) is 17.9. The molecule has 1 aliphatic rings. The molecule has 0 unspecified atom stereocenters. The number of rotatable bonds is 10. The fraction of sp³-hybridized carbons (Fsp3) is 0.476. The van der Waals surface area contributed by atoms with Gasteiger partial charge in [0, 0.05) is 13.0 Å². The number of hydrogen-bond acceptors (Lipinski definition) is 8. The molecule has 31 heavy (non-hydrogen) atoms. The minimum Gasteiger partial charge on any atom is -0.467 e. The van der Waals surface area contributed by atoms with Crippen molar-refractivity contribution < 1.29 is 28.7 Å². The normalized spacial score (nSPS) is 15.6. The van der Waals surface area contributed by atoms with Crippen molar-refractivity contribution in [2.75, 3.05) is 20.3 Å². The van der Waals surface area contributed by atoms with Gasteiger partial charge in [-0.25, -0.2) is 9.59 Å². The van der Waals surface area contributed by atoms with Gasteiger partial charge in [0.2, 0.25) is 5.91 Å². The van der Waals surface area contributed by atoms with E-state index >= 15 is 0 Å². The van der Waals surface area contributed by atoms with E-state index in [9.17, 15) is 14.4 Å². The van der Waals surface area contributed by atoms with E-state index in [4.69, 9.17) is 14.8 Å². The molecule has 166 valence electrons. The van der Waals surface area contributed by atoms with Crippen LogP contribution in [0.25, 0.3) is 0 Å². The zero-order valence-electron chi connectivity index (χ0n) is 17.6. The van der Waals surface area contributed by atoms with Gasteiger partial charge in [-0.3, -0.25) is 4.79 Å². The Morgan fingerprint density at radius 3 is 2.71 bits per heavy atom. The summed E-state index contributed by atoms with van der Waals surface area (Å²) in [5.41, 5.74) is 2.05. The predicted molar refractivity (Wildman–Crippen MR) is 110 cm³/mol. The van der Waals surface area contributed by atoms with Crippen LogP contribution in [-0.4, -0.2) is 56.1 Å². The lowest BCUT2D eigenvalue weighted by Crippen LogP contribution is -2.49. The Morgan fingerprint density at radius 1 is 1.32 bits per heavy atom. The number of amides is 2. The van der Waals surface area contributed by atoms with Crippen LogP contribution in [-0.2, 0) is 23.9 Å². The van der Waals surface area contributed by atoms with Crippen LogP contribution in [0.2, 0.25) is 0 Å². The molecule has 0 saturated heterocycles. The molecule has 1 aromatic rings. The van der Waals surface area contributed by atoms with Crippen molar-refractivity contribution in [1.82, 2.24) is 10.6 Å². The molecular weight excluding hydrogens is 404 g/mol. The smallest absolute Gasteiger partial charge is 0.407 e. The van der Waals surface area contributed by atoms with Crippen molar-refractivity contribution >= 4 is 23.7 Å². The van der Waals surface area contributed by atoms with Gasteiger partial charge >= 0.3 is 12.1 Å². The molecule has 0 fully saturated rings. The highest BCUT2D eigenvalue weighted by atomic mass is 16.6. The maximum atomic E-state index is 12.3. The van der Waals surface area contributed by atoms with Gasteiger partial charge in [0.25, 0.3) is 0 Å². The first kappa shape index (κ1) is 23.7. The SMILES string of the molecule is CCCCOC(=O)N[C@H](CNC(=O)C[C@@H]1CC(c2ccc(C#N)cc2)=NO1)C(=O)OC. The number of carbonyl (C=O) groups is 3. The van der Waals surface area contributed by atoms with Crippen LogP contribution in [0.1, 0.15) is 43.7 Å². The highest BCUT2D eigenvalue weighted by Crippen LogP contribution is 2.19. The second-order valence-corrected chi connectivity index (χ2v) is 6.88. The summed E-state index contributed by atoms with van der Waals surface area (Å²) in [6, 6.07) is 7.89. The van der Waals surface area contributed by atoms with Crippen molar-refractivity contribution in [3.8, 4) is 6.07 Å². The van der Waals surface area contributed by atoms with Gasteiger partial charge in [-0.05, 0) is 24.1 Å². The van der Waals surface area contributed by atoms with Gasteiger partial charge < -0.3 is 24.9 Å². The number of nitrogens with zero attached hydrogens (tertiary/aromatic N) is 2. The van der Waals surface area contributed by atoms with Gasteiger partial charge in [-0.15, -0.1) is 0 Å². The Balaban J connectivity index is 1.79. The molecule has 0 radical (unpaired) electrons. The number of hydrogen-bond donors (Lipinski definition) is 2. The second-order valence-electron chi connectivity index (χ2n) is 6.88. The number of nitrogens with one attached hydrogen (secondary N) is 2. The van der Waals surface area contributed by atoms with Crippen LogP contribution in [0.4, 0.5) is 4.79 Å². The van der Waals surface area contributed by atoms with Crippen molar-refractivity contribution in [2.45, 2.75) is 44.8 Å². The molecule has 1 heterocycles. The summed E-state index contributed by atoms with van der Waals surface area (Å²) in [6.45, 7) is 2.05. The molecule has 1 aliphatic heterocycles. The summed E-state index contributed by atoms with van der Waals surface area (Å²) in [4.78, 5) is 41.2. The van der Waals surface area contributed by atoms with Crippen LogP contribution < -0.4 is 10.6 Å². The summed E-state index contributed by atoms with van der Waals surface area (Å²) in [7, 11) is 1.19. The van der Waals surface area contributed by atoms with Gasteiger partial charge in [0.15, 0.2) is 0 Å². The summed E-state index contributed by atoms with van der Waals surface area (Å²) in [6.07, 6.45) is 0.830. The molecule has 2 atom stereocenters. The molecule has 1 aromatic carbocycles. The van der Waals surface area contributed by atoms with Gasteiger partial charge in [-0.2, -0.15) is 5.26 Å². The number of alkyl carbamates (subject to hydrolysis) is 1. The lowest BCUT2D eigenvalue weighted by atomic mass is 10.0. The summed E-state index contributed by atoms with van der Waals surface area (Å²) in [5.74, 6) is -1.06. The molecule has 2 amide bonds. The monoisotopic (exact) mass is 430 g/mol. The Hall–Kier alpha value is -3.61. The number of unbranched alkanes of at least 4 members (excludes halogenated alkanes) is 1. The quantitative estimate of drug-likeness (QED) is 0.425. The van der Waals surface area contributed by atoms with E-state index in [2.05, 4.69) is 20.5 Å². The minimum atomic E-state index is -1.07. The minimum absolute atomic E-state index is 0.0259. The Bertz CT molecular complexity index is 846. The number of nitriles is 1. The van der Waals surface area contributed by atoms with Crippen LogP contribution in [0.3, 0.4) is 0 Å². The number of methoxy groups -OCH3 is 1. The first-order valence-electron chi connectivity index (χ1n) is 9.97. The first-order valence-corrected chi connectivity index (χ1v) is 9.97. The van der Waals surface area contributed by atoms with Gasteiger partial charge in [-0.1, -0.05) is 30.6 Å². The Morgan fingerprint density at radius 2 is 2.06 bits per heavy atom. The van der Waals surface area contributed by atoms with E-state index in [1.165, 1.54) is 7.11 Å². The second kappa shape index (κ2) is 12.2. The third-order valence-corrected chi connectivity index (χ3v) is 4.51. The molecule has 10 heteroatoms. The van der Waals surface area contributed by atoms with E-state index in [-0.39, 0.29) is 25.5 Å². The van der Waals surface area contributed by atoms with E-state index in [0.29, 0.717) is 24.1 Å². The average molecular weight is 430 g/mol. The molecule has 0 bridgehead atoms. The highest BCUT2D eigenvalue weighted by Gasteiger charge is 2.27. The largest absolute Gasteiger partial charge is 0.467 e. The number of oxime groups is 1. The first-order chi connectivity index (χ1) is 15.0. The lowest BCUT2D eigenvalue weighted by molar-refractivity contribution is -0.143. The molecule has 2 rings (SSSR count). The molecule has 0 spiro atoms. The van der Waals surface area contributed by atoms with Gasteiger partial charge in [0.05, 0.1) is 37.5 Å². The molecule has 0 saturated carbocycles. The molecule has 2 N–H and O–H groups in total. The van der Waals surface area contributed by atoms with Crippen LogP contribution in [0, 0.1) is 11.3 Å². The third-order valence-electron chi connectivity index (χ3n) is 4.51. The Kier molecular flexibility index (Phi) is 9.29. The van der Waals surface area contributed by atoms with Crippen molar-refractivity contribution in [1.29, 1.82) is 5.26 Å². The number of carbonyl (C=O) groups excluding carboxylic acids is 3. The molecular formula is C21H26N4O6. The third kappa shape index (κ3) is 7.62.